The van der Waals surface area contributed by atoms with Gasteiger partial charge in [-0.1, -0.05) is 31.2 Å². The van der Waals surface area contributed by atoms with Gasteiger partial charge in [-0.15, -0.1) is 0 Å². The summed E-state index contributed by atoms with van der Waals surface area (Å²) in [6.07, 6.45) is 3.55. The van der Waals surface area contributed by atoms with Gasteiger partial charge in [0.1, 0.15) is 0 Å². The van der Waals surface area contributed by atoms with E-state index in [9.17, 15) is 0 Å². The van der Waals surface area contributed by atoms with E-state index in [4.69, 9.17) is 5.73 Å². The summed E-state index contributed by atoms with van der Waals surface area (Å²) >= 11 is 0. The summed E-state index contributed by atoms with van der Waals surface area (Å²) < 4.78 is 0. The molecule has 1 aromatic carbocycles. The van der Waals surface area contributed by atoms with Gasteiger partial charge in [0.2, 0.25) is 0 Å². The lowest BCUT2D eigenvalue weighted by atomic mass is 10.0. The average Bonchev–Trinajstić information content (AvgIpc) is 2.30. The molecule has 0 unspecified atom stereocenters. The minimum atomic E-state index is 0.378. The third-order valence-electron chi connectivity index (χ3n) is 3.38. The average molecular weight is 218 g/mol. The summed E-state index contributed by atoms with van der Waals surface area (Å²) in [5, 5.41) is 0. The summed E-state index contributed by atoms with van der Waals surface area (Å²) in [7, 11) is 0. The van der Waals surface area contributed by atoms with Gasteiger partial charge in [-0.25, -0.2) is 0 Å². The largest absolute Gasteiger partial charge is 0.327 e. The molecule has 1 heterocycles. The van der Waals surface area contributed by atoms with Crippen LogP contribution in [0.4, 0.5) is 0 Å². The second-order valence-electron chi connectivity index (χ2n) is 4.81. The molecule has 0 spiro atoms. The lowest BCUT2D eigenvalue weighted by Crippen LogP contribution is -2.42. The highest BCUT2D eigenvalue weighted by molar-refractivity contribution is 5.22. The Morgan fingerprint density at radius 3 is 2.56 bits per heavy atom. The predicted molar refractivity (Wildman–Crippen MR) is 68.3 cm³/mol. The Balaban J connectivity index is 1.92. The molecule has 1 atom stereocenters. The normalized spacial score (nSPS) is 22.2. The van der Waals surface area contributed by atoms with Crippen molar-refractivity contribution in [2.75, 3.05) is 13.1 Å². The van der Waals surface area contributed by atoms with E-state index in [1.54, 1.807) is 0 Å². The SMILES string of the molecule is CCc1ccc(CN2CCC[C@H](N)C2)cc1. The molecule has 2 N–H and O–H groups in total. The number of piperidine rings is 1. The Morgan fingerprint density at radius 1 is 1.25 bits per heavy atom. The van der Waals surface area contributed by atoms with Crippen molar-refractivity contribution in [1.29, 1.82) is 0 Å². The van der Waals surface area contributed by atoms with Gasteiger partial charge in [0.05, 0.1) is 0 Å². The Morgan fingerprint density at radius 2 is 1.94 bits per heavy atom. The Hall–Kier alpha value is -0.860. The molecular weight excluding hydrogens is 196 g/mol. The highest BCUT2D eigenvalue weighted by atomic mass is 15.1. The molecule has 0 amide bonds. The zero-order chi connectivity index (χ0) is 11.4. The molecule has 1 aromatic rings. The van der Waals surface area contributed by atoms with Crippen LogP contribution in [-0.4, -0.2) is 24.0 Å². The minimum Gasteiger partial charge on any atom is -0.327 e. The molecule has 16 heavy (non-hydrogen) atoms. The van der Waals surface area contributed by atoms with Gasteiger partial charge in [-0.05, 0) is 36.9 Å². The summed E-state index contributed by atoms with van der Waals surface area (Å²) in [4.78, 5) is 2.47. The molecule has 1 aliphatic rings. The smallest absolute Gasteiger partial charge is 0.0234 e. The van der Waals surface area contributed by atoms with Crippen molar-refractivity contribution < 1.29 is 0 Å². The van der Waals surface area contributed by atoms with Crippen LogP contribution in [0.5, 0.6) is 0 Å². The molecule has 0 saturated carbocycles. The molecule has 2 heteroatoms. The maximum absolute atomic E-state index is 5.98. The van der Waals surface area contributed by atoms with E-state index in [0.29, 0.717) is 6.04 Å². The first-order chi connectivity index (χ1) is 7.78. The molecule has 88 valence electrons. The van der Waals surface area contributed by atoms with Gasteiger partial charge in [-0.3, -0.25) is 4.90 Å². The van der Waals surface area contributed by atoms with E-state index in [2.05, 4.69) is 36.1 Å². The fraction of sp³-hybridized carbons (Fsp3) is 0.571. The fourth-order valence-electron chi connectivity index (χ4n) is 2.37. The maximum atomic E-state index is 5.98. The molecule has 2 rings (SSSR count). The van der Waals surface area contributed by atoms with E-state index in [1.165, 1.54) is 30.5 Å². The lowest BCUT2D eigenvalue weighted by Gasteiger charge is -2.30. The zero-order valence-electron chi connectivity index (χ0n) is 10.2. The van der Waals surface area contributed by atoms with Crippen molar-refractivity contribution in [2.45, 2.75) is 38.8 Å². The van der Waals surface area contributed by atoms with E-state index in [1.807, 2.05) is 0 Å². The summed E-state index contributed by atoms with van der Waals surface area (Å²) in [6.45, 7) is 5.50. The number of nitrogens with zero attached hydrogens (tertiary/aromatic N) is 1. The first kappa shape index (κ1) is 11.6. The molecule has 0 aromatic heterocycles. The number of rotatable bonds is 3. The van der Waals surface area contributed by atoms with Gasteiger partial charge < -0.3 is 5.73 Å². The molecule has 2 nitrogen and oxygen atoms in total. The highest BCUT2D eigenvalue weighted by Gasteiger charge is 2.16. The number of hydrogen-bond acceptors (Lipinski definition) is 2. The maximum Gasteiger partial charge on any atom is 0.0234 e. The van der Waals surface area contributed by atoms with Gasteiger partial charge in [0, 0.05) is 19.1 Å². The monoisotopic (exact) mass is 218 g/mol. The van der Waals surface area contributed by atoms with Crippen molar-refractivity contribution in [3.63, 3.8) is 0 Å². The number of aryl methyl sites for hydroxylation is 1. The number of nitrogens with two attached hydrogens (primary N) is 1. The molecule has 1 fully saturated rings. The molecule has 0 bridgehead atoms. The summed E-state index contributed by atoms with van der Waals surface area (Å²) in [5.41, 5.74) is 8.81. The van der Waals surface area contributed by atoms with Crippen molar-refractivity contribution in [3.05, 3.63) is 35.4 Å². The topological polar surface area (TPSA) is 29.3 Å². The quantitative estimate of drug-likeness (QED) is 0.842. The fourth-order valence-corrected chi connectivity index (χ4v) is 2.37. The molecule has 1 saturated heterocycles. The number of hydrogen-bond donors (Lipinski definition) is 1. The van der Waals surface area contributed by atoms with Crippen molar-refractivity contribution in [3.8, 4) is 0 Å². The second kappa shape index (κ2) is 5.46. The zero-order valence-corrected chi connectivity index (χ0v) is 10.2. The number of benzene rings is 1. The number of likely N-dealkylation sites (tertiary alicyclic amines) is 1. The molecular formula is C14H22N2. The van der Waals surface area contributed by atoms with Crippen LogP contribution in [0.3, 0.4) is 0 Å². The second-order valence-corrected chi connectivity index (χ2v) is 4.81. The van der Waals surface area contributed by atoms with E-state index >= 15 is 0 Å². The van der Waals surface area contributed by atoms with Crippen LogP contribution in [-0.2, 0) is 13.0 Å². The van der Waals surface area contributed by atoms with E-state index < -0.39 is 0 Å². The van der Waals surface area contributed by atoms with Crippen molar-refractivity contribution in [1.82, 2.24) is 4.90 Å². The molecule has 0 radical (unpaired) electrons. The third kappa shape index (κ3) is 3.06. The van der Waals surface area contributed by atoms with Crippen LogP contribution in [0, 0.1) is 0 Å². The van der Waals surface area contributed by atoms with Crippen molar-refractivity contribution >= 4 is 0 Å². The third-order valence-corrected chi connectivity index (χ3v) is 3.38. The van der Waals surface area contributed by atoms with E-state index in [0.717, 1.165) is 19.5 Å². The van der Waals surface area contributed by atoms with Gasteiger partial charge >= 0.3 is 0 Å². The first-order valence-electron chi connectivity index (χ1n) is 6.33. The summed E-state index contributed by atoms with van der Waals surface area (Å²) in [5.74, 6) is 0. The Kier molecular flexibility index (Phi) is 3.97. The standard InChI is InChI=1S/C14H22N2/c1-2-12-5-7-13(8-6-12)10-16-9-3-4-14(15)11-16/h5-8,14H,2-4,9-11,15H2,1H3/t14-/m0/s1. The van der Waals surface area contributed by atoms with Crippen LogP contribution in [0.25, 0.3) is 0 Å². The molecule has 0 aliphatic carbocycles. The Labute approximate surface area is 98.4 Å². The summed E-state index contributed by atoms with van der Waals surface area (Å²) in [6, 6.07) is 9.35. The Bertz CT molecular complexity index is 318. The van der Waals surface area contributed by atoms with Gasteiger partial charge in [-0.2, -0.15) is 0 Å². The van der Waals surface area contributed by atoms with E-state index in [-0.39, 0.29) is 0 Å². The predicted octanol–water partition coefficient (Wildman–Crippen LogP) is 2.17. The van der Waals surface area contributed by atoms with Crippen LogP contribution in [0.15, 0.2) is 24.3 Å². The first-order valence-corrected chi connectivity index (χ1v) is 6.33. The van der Waals surface area contributed by atoms with Gasteiger partial charge in [0.15, 0.2) is 0 Å². The van der Waals surface area contributed by atoms with Crippen molar-refractivity contribution in [2.24, 2.45) is 5.73 Å². The van der Waals surface area contributed by atoms with Gasteiger partial charge in [0.25, 0.3) is 0 Å². The van der Waals surface area contributed by atoms with Crippen LogP contribution < -0.4 is 5.73 Å². The molecule has 1 aliphatic heterocycles. The highest BCUT2D eigenvalue weighted by Crippen LogP contribution is 2.13. The van der Waals surface area contributed by atoms with Crippen LogP contribution >= 0.6 is 0 Å². The van der Waals surface area contributed by atoms with Crippen LogP contribution in [0.1, 0.15) is 30.9 Å². The minimum absolute atomic E-state index is 0.378. The van der Waals surface area contributed by atoms with Crippen LogP contribution in [0.2, 0.25) is 0 Å². The lowest BCUT2D eigenvalue weighted by molar-refractivity contribution is 0.201.